The minimum atomic E-state index is -0.497. The third-order valence-corrected chi connectivity index (χ3v) is 5.35. The largest absolute Gasteiger partial charge is 0.468 e. The number of likely N-dealkylation sites (N-methyl/N-ethyl adjacent to an activating group) is 1. The van der Waals surface area contributed by atoms with Crippen LogP contribution in [0.2, 0.25) is 0 Å². The van der Waals surface area contributed by atoms with Crippen molar-refractivity contribution in [3.63, 3.8) is 0 Å². The van der Waals surface area contributed by atoms with Gasteiger partial charge in [0.15, 0.2) is 0 Å². The third-order valence-electron chi connectivity index (χ3n) is 4.09. The van der Waals surface area contributed by atoms with Crippen LogP contribution in [0.3, 0.4) is 0 Å². The molecule has 1 aromatic rings. The van der Waals surface area contributed by atoms with Gasteiger partial charge >= 0.3 is 5.97 Å². The lowest BCUT2D eigenvalue weighted by Gasteiger charge is -2.39. The third kappa shape index (κ3) is 4.01. The Balaban J connectivity index is 2.09. The van der Waals surface area contributed by atoms with Crippen molar-refractivity contribution in [3.8, 4) is 0 Å². The van der Waals surface area contributed by atoms with Crippen molar-refractivity contribution in [1.29, 1.82) is 0 Å². The molecule has 21 heavy (non-hydrogen) atoms. The van der Waals surface area contributed by atoms with E-state index in [9.17, 15) is 4.79 Å². The lowest BCUT2D eigenvalue weighted by atomic mass is 9.81. The van der Waals surface area contributed by atoms with Gasteiger partial charge in [0.05, 0.1) is 7.11 Å². The molecule has 2 rings (SSSR count). The highest BCUT2D eigenvalue weighted by Crippen LogP contribution is 2.39. The van der Waals surface area contributed by atoms with Gasteiger partial charge in [0, 0.05) is 10.1 Å². The van der Waals surface area contributed by atoms with Crippen LogP contribution in [0.25, 0.3) is 0 Å². The van der Waals surface area contributed by atoms with E-state index in [-0.39, 0.29) is 5.97 Å². The summed E-state index contributed by atoms with van der Waals surface area (Å²) in [5.74, 6) is -0.112. The Morgan fingerprint density at radius 1 is 1.52 bits per heavy atom. The first-order chi connectivity index (χ1) is 10.1. The summed E-state index contributed by atoms with van der Waals surface area (Å²) in [5, 5.41) is 3.85. The molecular formula is C17H25NO2S. The van der Waals surface area contributed by atoms with Crippen molar-refractivity contribution in [1.82, 2.24) is 5.32 Å². The molecule has 3 nitrogen and oxygen atoms in total. The van der Waals surface area contributed by atoms with Crippen LogP contribution in [0.15, 0.2) is 29.2 Å². The first kappa shape index (κ1) is 16.4. The van der Waals surface area contributed by atoms with Gasteiger partial charge in [-0.25, -0.2) is 0 Å². The number of carbonyl (C=O) groups excluding carboxylic acids is 1. The second-order valence-electron chi connectivity index (χ2n) is 5.76. The van der Waals surface area contributed by atoms with Crippen LogP contribution < -0.4 is 5.32 Å². The second kappa shape index (κ2) is 7.32. The maximum atomic E-state index is 12.2. The molecule has 116 valence electrons. The fraction of sp³-hybridized carbons (Fsp3) is 0.588. The van der Waals surface area contributed by atoms with E-state index in [1.54, 1.807) is 0 Å². The first-order valence-electron chi connectivity index (χ1n) is 7.66. The molecule has 1 aliphatic rings. The maximum absolute atomic E-state index is 12.2. The number of carbonyl (C=O) groups is 1. The summed E-state index contributed by atoms with van der Waals surface area (Å²) < 4.78 is 5.05. The van der Waals surface area contributed by atoms with Gasteiger partial charge in [0.1, 0.15) is 5.54 Å². The Hall–Kier alpha value is -1.00. The molecule has 2 unspecified atom stereocenters. The van der Waals surface area contributed by atoms with E-state index < -0.39 is 5.54 Å². The monoisotopic (exact) mass is 307 g/mol. The lowest BCUT2D eigenvalue weighted by Crippen LogP contribution is -2.55. The molecule has 0 amide bonds. The van der Waals surface area contributed by atoms with Crippen molar-refractivity contribution in [2.75, 3.05) is 13.7 Å². The highest BCUT2D eigenvalue weighted by atomic mass is 32.2. The number of ether oxygens (including phenoxy) is 1. The second-order valence-corrected chi connectivity index (χ2v) is 7.13. The highest BCUT2D eigenvalue weighted by molar-refractivity contribution is 8.00. The van der Waals surface area contributed by atoms with Gasteiger partial charge in [0.2, 0.25) is 0 Å². The van der Waals surface area contributed by atoms with E-state index >= 15 is 0 Å². The van der Waals surface area contributed by atoms with Crippen LogP contribution in [0, 0.1) is 6.92 Å². The Morgan fingerprint density at radius 3 is 3.00 bits per heavy atom. The maximum Gasteiger partial charge on any atom is 0.326 e. The van der Waals surface area contributed by atoms with E-state index in [1.807, 2.05) is 18.7 Å². The van der Waals surface area contributed by atoms with Crippen molar-refractivity contribution < 1.29 is 9.53 Å². The summed E-state index contributed by atoms with van der Waals surface area (Å²) in [6.45, 7) is 4.95. The molecule has 1 fully saturated rings. The van der Waals surface area contributed by atoms with Crippen LogP contribution in [0.1, 0.15) is 38.2 Å². The number of nitrogens with one attached hydrogen (secondary N) is 1. The zero-order chi connectivity index (χ0) is 15.3. The minimum Gasteiger partial charge on any atom is -0.468 e. The van der Waals surface area contributed by atoms with Gasteiger partial charge in [-0.3, -0.25) is 4.79 Å². The smallest absolute Gasteiger partial charge is 0.326 e. The summed E-state index contributed by atoms with van der Waals surface area (Å²) in [5.41, 5.74) is 0.783. The van der Waals surface area contributed by atoms with Crippen LogP contribution in [-0.2, 0) is 9.53 Å². The Morgan fingerprint density at radius 2 is 2.33 bits per heavy atom. The molecule has 0 spiro atoms. The fourth-order valence-electron chi connectivity index (χ4n) is 3.16. The molecular weight excluding hydrogens is 282 g/mol. The number of esters is 1. The van der Waals surface area contributed by atoms with Crippen LogP contribution in [-0.4, -0.2) is 30.4 Å². The topological polar surface area (TPSA) is 38.3 Å². The first-order valence-corrected chi connectivity index (χ1v) is 8.54. The van der Waals surface area contributed by atoms with Crippen molar-refractivity contribution >= 4 is 17.7 Å². The van der Waals surface area contributed by atoms with E-state index in [4.69, 9.17) is 4.74 Å². The minimum absolute atomic E-state index is 0.112. The number of hydrogen-bond donors (Lipinski definition) is 1. The standard InChI is InChI=1S/C17H25NO2S/c1-4-18-17(16(19)20-3)10-6-9-15(12-17)21-14-8-5-7-13(2)11-14/h5,7-8,11,15,18H,4,6,9-10,12H2,1-3H3. The van der Waals surface area contributed by atoms with Gasteiger partial charge in [-0.2, -0.15) is 0 Å². The average Bonchev–Trinajstić information content (AvgIpc) is 2.47. The summed E-state index contributed by atoms with van der Waals surface area (Å²) >= 11 is 1.89. The molecule has 1 aliphatic carbocycles. The number of benzene rings is 1. The fourth-order valence-corrected chi connectivity index (χ4v) is 4.61. The molecule has 4 heteroatoms. The molecule has 1 aromatic carbocycles. The van der Waals surface area contributed by atoms with E-state index in [0.29, 0.717) is 5.25 Å². The summed E-state index contributed by atoms with van der Waals surface area (Å²) in [6.07, 6.45) is 3.93. The van der Waals surface area contributed by atoms with Crippen LogP contribution in [0.5, 0.6) is 0 Å². The number of methoxy groups -OCH3 is 1. The highest BCUT2D eigenvalue weighted by Gasteiger charge is 2.43. The Labute approximate surface area is 131 Å². The van der Waals surface area contributed by atoms with Gasteiger partial charge in [0.25, 0.3) is 0 Å². The Kier molecular flexibility index (Phi) is 5.71. The molecule has 0 bridgehead atoms. The number of aryl methyl sites for hydroxylation is 1. The zero-order valence-electron chi connectivity index (χ0n) is 13.1. The molecule has 0 aromatic heterocycles. The van der Waals surface area contributed by atoms with Gasteiger partial charge in [-0.05, 0) is 51.3 Å². The molecule has 0 heterocycles. The van der Waals surface area contributed by atoms with E-state index in [0.717, 1.165) is 32.2 Å². The van der Waals surface area contributed by atoms with Crippen molar-refractivity contribution in [2.24, 2.45) is 0 Å². The molecule has 1 saturated carbocycles. The van der Waals surface area contributed by atoms with E-state index in [2.05, 4.69) is 36.5 Å². The Bertz CT molecular complexity index is 487. The normalized spacial score (nSPS) is 25.6. The van der Waals surface area contributed by atoms with E-state index in [1.165, 1.54) is 17.6 Å². The summed E-state index contributed by atoms with van der Waals surface area (Å²) in [6, 6.07) is 8.58. The molecule has 1 N–H and O–H groups in total. The summed E-state index contributed by atoms with van der Waals surface area (Å²) in [7, 11) is 1.48. The van der Waals surface area contributed by atoms with Gasteiger partial charge in [-0.1, -0.05) is 24.6 Å². The number of hydrogen-bond acceptors (Lipinski definition) is 4. The zero-order valence-corrected chi connectivity index (χ0v) is 14.0. The molecule has 0 saturated heterocycles. The predicted octanol–water partition coefficient (Wildman–Crippen LogP) is 3.55. The summed E-state index contributed by atoms with van der Waals surface area (Å²) in [4.78, 5) is 13.5. The van der Waals surface area contributed by atoms with Crippen LogP contribution >= 0.6 is 11.8 Å². The van der Waals surface area contributed by atoms with Crippen molar-refractivity contribution in [2.45, 2.75) is 55.2 Å². The number of thioether (sulfide) groups is 1. The average molecular weight is 307 g/mol. The quantitative estimate of drug-likeness (QED) is 0.844. The lowest BCUT2D eigenvalue weighted by molar-refractivity contribution is -0.150. The van der Waals surface area contributed by atoms with Crippen LogP contribution in [0.4, 0.5) is 0 Å². The predicted molar refractivity (Wildman–Crippen MR) is 87.7 cm³/mol. The molecule has 0 radical (unpaired) electrons. The SMILES string of the molecule is CCNC1(C(=O)OC)CCCC(Sc2cccc(C)c2)C1. The van der Waals surface area contributed by atoms with Crippen molar-refractivity contribution in [3.05, 3.63) is 29.8 Å². The molecule has 0 aliphatic heterocycles. The number of rotatable bonds is 5. The molecule has 2 atom stereocenters. The van der Waals surface area contributed by atoms with Gasteiger partial charge in [-0.15, -0.1) is 11.8 Å². The van der Waals surface area contributed by atoms with Gasteiger partial charge < -0.3 is 10.1 Å².